The zero-order valence-corrected chi connectivity index (χ0v) is 14.1. The molecule has 0 bridgehead atoms. The highest BCUT2D eigenvalue weighted by Crippen LogP contribution is 2.20. The number of anilines is 2. The van der Waals surface area contributed by atoms with Crippen LogP contribution in [0.3, 0.4) is 0 Å². The molecule has 0 atom stereocenters. The standard InChI is InChI=1S/C18H19ClN2O3/c1-2-24-17(22)9-6-12-4-3-5-14(10-12)21-18(23)15-11-13(19)7-8-16(15)20/h3-5,7-8,10-11H,2,6,9,20H2,1H3,(H,21,23). The summed E-state index contributed by atoms with van der Waals surface area (Å²) in [5.74, 6) is -0.573. The molecular formula is C18H19ClN2O3. The van der Waals surface area contributed by atoms with E-state index in [1.807, 2.05) is 18.2 Å². The molecule has 0 aliphatic carbocycles. The van der Waals surface area contributed by atoms with Gasteiger partial charge in [0.05, 0.1) is 12.2 Å². The molecule has 0 fully saturated rings. The Bertz CT molecular complexity index is 747. The third-order valence-corrected chi connectivity index (χ3v) is 3.60. The van der Waals surface area contributed by atoms with E-state index in [2.05, 4.69) is 5.32 Å². The minimum Gasteiger partial charge on any atom is -0.466 e. The number of nitrogens with one attached hydrogen (secondary N) is 1. The number of nitrogens with two attached hydrogens (primary N) is 1. The van der Waals surface area contributed by atoms with E-state index >= 15 is 0 Å². The normalized spacial score (nSPS) is 10.2. The van der Waals surface area contributed by atoms with E-state index in [0.29, 0.717) is 41.4 Å². The van der Waals surface area contributed by atoms with E-state index in [-0.39, 0.29) is 11.9 Å². The lowest BCUT2D eigenvalue weighted by Gasteiger charge is -2.09. The molecule has 126 valence electrons. The minimum absolute atomic E-state index is 0.237. The Morgan fingerprint density at radius 1 is 1.21 bits per heavy atom. The monoisotopic (exact) mass is 346 g/mol. The maximum atomic E-state index is 12.3. The number of amides is 1. The molecular weight excluding hydrogens is 328 g/mol. The highest BCUT2D eigenvalue weighted by Gasteiger charge is 2.11. The van der Waals surface area contributed by atoms with Crippen molar-refractivity contribution in [2.75, 3.05) is 17.7 Å². The van der Waals surface area contributed by atoms with Gasteiger partial charge < -0.3 is 15.8 Å². The third-order valence-electron chi connectivity index (χ3n) is 3.37. The second-order valence-corrected chi connectivity index (χ2v) is 5.63. The van der Waals surface area contributed by atoms with Crippen LogP contribution in [-0.4, -0.2) is 18.5 Å². The summed E-state index contributed by atoms with van der Waals surface area (Å²) in [5.41, 5.74) is 8.04. The van der Waals surface area contributed by atoms with Crippen molar-refractivity contribution in [2.24, 2.45) is 0 Å². The van der Waals surface area contributed by atoms with Gasteiger partial charge in [-0.3, -0.25) is 9.59 Å². The molecule has 24 heavy (non-hydrogen) atoms. The van der Waals surface area contributed by atoms with Gasteiger partial charge in [0.25, 0.3) is 5.91 Å². The Hall–Kier alpha value is -2.53. The van der Waals surface area contributed by atoms with E-state index in [1.165, 1.54) is 6.07 Å². The fraction of sp³-hybridized carbons (Fsp3) is 0.222. The number of halogens is 1. The number of ether oxygens (including phenoxy) is 1. The van der Waals surface area contributed by atoms with Gasteiger partial charge in [0, 0.05) is 22.8 Å². The van der Waals surface area contributed by atoms with Crippen molar-refractivity contribution in [1.29, 1.82) is 0 Å². The zero-order valence-electron chi connectivity index (χ0n) is 13.3. The van der Waals surface area contributed by atoms with Crippen LogP contribution in [0.15, 0.2) is 42.5 Å². The molecule has 0 spiro atoms. The van der Waals surface area contributed by atoms with Crippen LogP contribution in [-0.2, 0) is 16.0 Å². The van der Waals surface area contributed by atoms with Crippen molar-refractivity contribution in [3.63, 3.8) is 0 Å². The van der Waals surface area contributed by atoms with Crippen molar-refractivity contribution in [3.05, 3.63) is 58.6 Å². The molecule has 5 nitrogen and oxygen atoms in total. The molecule has 0 aliphatic rings. The summed E-state index contributed by atoms with van der Waals surface area (Å²) in [7, 11) is 0. The van der Waals surface area contributed by atoms with E-state index < -0.39 is 0 Å². The third kappa shape index (κ3) is 4.99. The molecule has 3 N–H and O–H groups in total. The van der Waals surface area contributed by atoms with Crippen molar-refractivity contribution >= 4 is 34.9 Å². The number of hydrogen-bond acceptors (Lipinski definition) is 4. The second-order valence-electron chi connectivity index (χ2n) is 5.19. The molecule has 2 rings (SSSR count). The number of rotatable bonds is 6. The summed E-state index contributed by atoms with van der Waals surface area (Å²) in [6, 6.07) is 12.0. The highest BCUT2D eigenvalue weighted by molar-refractivity contribution is 6.31. The van der Waals surface area contributed by atoms with Gasteiger partial charge in [-0.1, -0.05) is 23.7 Å². The number of esters is 1. The minimum atomic E-state index is -0.336. The number of aryl methyl sites for hydroxylation is 1. The van der Waals surface area contributed by atoms with E-state index in [9.17, 15) is 9.59 Å². The molecule has 0 saturated heterocycles. The van der Waals surface area contributed by atoms with Crippen LogP contribution in [0.2, 0.25) is 5.02 Å². The average Bonchev–Trinajstić information content (AvgIpc) is 2.56. The first-order valence-electron chi connectivity index (χ1n) is 7.60. The molecule has 0 radical (unpaired) electrons. The maximum absolute atomic E-state index is 12.3. The molecule has 0 heterocycles. The average molecular weight is 347 g/mol. The molecule has 0 aromatic heterocycles. The number of nitrogen functional groups attached to an aromatic ring is 1. The SMILES string of the molecule is CCOC(=O)CCc1cccc(NC(=O)c2cc(Cl)ccc2N)c1. The topological polar surface area (TPSA) is 81.4 Å². The number of hydrogen-bond donors (Lipinski definition) is 2. The largest absolute Gasteiger partial charge is 0.466 e. The van der Waals surface area contributed by atoms with Crippen LogP contribution in [0.5, 0.6) is 0 Å². The van der Waals surface area contributed by atoms with Crippen LogP contribution < -0.4 is 11.1 Å². The van der Waals surface area contributed by atoms with Gasteiger partial charge in [-0.15, -0.1) is 0 Å². The first-order chi connectivity index (χ1) is 11.5. The Morgan fingerprint density at radius 2 is 2.00 bits per heavy atom. The van der Waals surface area contributed by atoms with Gasteiger partial charge in [-0.25, -0.2) is 0 Å². The van der Waals surface area contributed by atoms with Crippen molar-refractivity contribution in [3.8, 4) is 0 Å². The molecule has 2 aromatic rings. The molecule has 0 saturated carbocycles. The summed E-state index contributed by atoms with van der Waals surface area (Å²) < 4.78 is 4.91. The van der Waals surface area contributed by atoms with Crippen molar-refractivity contribution in [2.45, 2.75) is 19.8 Å². The highest BCUT2D eigenvalue weighted by atomic mass is 35.5. The maximum Gasteiger partial charge on any atom is 0.306 e. The van der Waals surface area contributed by atoms with Crippen molar-refractivity contribution < 1.29 is 14.3 Å². The molecule has 0 unspecified atom stereocenters. The van der Waals surface area contributed by atoms with E-state index in [4.69, 9.17) is 22.1 Å². The second kappa shape index (κ2) is 8.36. The Kier molecular flexibility index (Phi) is 6.21. The summed E-state index contributed by atoms with van der Waals surface area (Å²) in [5, 5.41) is 3.23. The van der Waals surface area contributed by atoms with Crippen molar-refractivity contribution in [1.82, 2.24) is 0 Å². The molecule has 6 heteroatoms. The number of carbonyl (C=O) groups excluding carboxylic acids is 2. The summed E-state index contributed by atoms with van der Waals surface area (Å²) >= 11 is 5.91. The number of carbonyl (C=O) groups is 2. The number of benzene rings is 2. The summed E-state index contributed by atoms with van der Waals surface area (Å²) in [6.07, 6.45) is 0.842. The first-order valence-corrected chi connectivity index (χ1v) is 7.98. The predicted octanol–water partition coefficient (Wildman–Crippen LogP) is 3.67. The van der Waals surface area contributed by atoms with Crippen LogP contribution in [0.25, 0.3) is 0 Å². The Balaban J connectivity index is 2.05. The van der Waals surface area contributed by atoms with Gasteiger partial charge >= 0.3 is 5.97 Å². The van der Waals surface area contributed by atoms with Gasteiger partial charge in [-0.05, 0) is 49.2 Å². The predicted molar refractivity (Wildman–Crippen MR) is 95.2 cm³/mol. The van der Waals surface area contributed by atoms with E-state index in [0.717, 1.165) is 5.56 Å². The van der Waals surface area contributed by atoms with Crippen LogP contribution >= 0.6 is 11.6 Å². The van der Waals surface area contributed by atoms with Gasteiger partial charge in [0.1, 0.15) is 0 Å². The molecule has 2 aromatic carbocycles. The van der Waals surface area contributed by atoms with Crippen LogP contribution in [0.1, 0.15) is 29.3 Å². The quantitative estimate of drug-likeness (QED) is 0.617. The van der Waals surface area contributed by atoms with Gasteiger partial charge in [0.15, 0.2) is 0 Å². The van der Waals surface area contributed by atoms with Crippen LogP contribution in [0.4, 0.5) is 11.4 Å². The zero-order chi connectivity index (χ0) is 17.5. The van der Waals surface area contributed by atoms with E-state index in [1.54, 1.807) is 25.1 Å². The summed E-state index contributed by atoms with van der Waals surface area (Å²) in [6.45, 7) is 2.14. The smallest absolute Gasteiger partial charge is 0.306 e. The van der Waals surface area contributed by atoms with Crippen LogP contribution in [0, 0.1) is 0 Å². The molecule has 0 aliphatic heterocycles. The van der Waals surface area contributed by atoms with Gasteiger partial charge in [0.2, 0.25) is 0 Å². The van der Waals surface area contributed by atoms with Gasteiger partial charge in [-0.2, -0.15) is 0 Å². The lowest BCUT2D eigenvalue weighted by atomic mass is 10.1. The first kappa shape index (κ1) is 17.8. The Labute approximate surface area is 145 Å². The lowest BCUT2D eigenvalue weighted by Crippen LogP contribution is -2.14. The fourth-order valence-electron chi connectivity index (χ4n) is 2.21. The Morgan fingerprint density at radius 3 is 2.75 bits per heavy atom. The fourth-order valence-corrected chi connectivity index (χ4v) is 2.38. The summed E-state index contributed by atoms with van der Waals surface area (Å²) in [4.78, 5) is 23.7. The molecule has 1 amide bonds. The lowest BCUT2D eigenvalue weighted by molar-refractivity contribution is -0.143.